The molecule has 0 bridgehead atoms. The molecule has 0 amide bonds. The third kappa shape index (κ3) is 9.92. The monoisotopic (exact) mass is 888 g/mol. The Kier molecular flexibility index (Phi) is 15.0. The van der Waals surface area contributed by atoms with Gasteiger partial charge in [-0.2, -0.15) is 0 Å². The van der Waals surface area contributed by atoms with Crippen LogP contribution in [-0.2, 0) is 14.3 Å². The number of carbonyl (C=O) groups excluding carboxylic acids is 2. The minimum atomic E-state index is -1.13. The summed E-state index contributed by atoms with van der Waals surface area (Å²) in [4.78, 5) is 22.2. The van der Waals surface area contributed by atoms with E-state index in [-0.39, 0.29) is 53.6 Å². The van der Waals surface area contributed by atoms with Crippen LogP contribution in [0.2, 0.25) is 0 Å². The summed E-state index contributed by atoms with van der Waals surface area (Å²) < 4.78 is 9.66. The molecule has 0 aliphatic heterocycles. The number of rotatable bonds is 10. The maximum absolute atomic E-state index is 11.5. The van der Waals surface area contributed by atoms with Crippen LogP contribution >= 0.6 is 55.4 Å². The van der Waals surface area contributed by atoms with E-state index < -0.39 is 5.97 Å². The van der Waals surface area contributed by atoms with Crippen LogP contribution in [0.25, 0.3) is 32.9 Å². The molecule has 1 N–H and O–H groups in total. The number of carbonyl (C=O) groups is 2. The number of hydrogen-bond donors (Lipinski definition) is 1. The number of hydrogen-bond acceptors (Lipinski definition) is 11. The van der Waals surface area contributed by atoms with Crippen LogP contribution in [0.15, 0.2) is 92.6 Å². The van der Waals surface area contributed by atoms with Crippen LogP contribution in [-0.4, -0.2) is 71.8 Å². The Bertz CT molecular complexity index is 2230. The van der Waals surface area contributed by atoms with Crippen molar-refractivity contribution in [2.24, 2.45) is 0 Å². The van der Waals surface area contributed by atoms with Crippen molar-refractivity contribution in [3.8, 4) is 11.4 Å². The zero-order valence-corrected chi connectivity index (χ0v) is 36.2. The molecule has 0 unspecified atom stereocenters. The van der Waals surface area contributed by atoms with Gasteiger partial charge in [0.05, 0.1) is 30.2 Å². The smallest absolute Gasteiger partial charge is 0.549 e. The number of carboxylic acid groups (broad SMARTS) is 1. The first-order valence-corrected chi connectivity index (χ1v) is 20.2. The summed E-state index contributed by atoms with van der Waals surface area (Å²) in [6, 6.07) is 25.2. The van der Waals surface area contributed by atoms with Crippen molar-refractivity contribution in [2.45, 2.75) is 54.8 Å². The molecule has 6 aromatic rings. The molecule has 2 aliphatic rings. The van der Waals surface area contributed by atoms with Crippen molar-refractivity contribution in [1.29, 1.82) is 0 Å². The third-order valence-electron chi connectivity index (χ3n) is 8.44. The van der Waals surface area contributed by atoms with E-state index >= 15 is 0 Å². The van der Waals surface area contributed by atoms with Gasteiger partial charge in [-0.1, -0.05) is 84.2 Å². The minimum Gasteiger partial charge on any atom is -0.549 e. The summed E-state index contributed by atoms with van der Waals surface area (Å²) in [6.45, 7) is 1.93. The van der Waals surface area contributed by atoms with E-state index in [4.69, 9.17) is 9.84 Å². The second-order valence-corrected chi connectivity index (χ2v) is 15.3. The molecule has 2 heterocycles. The van der Waals surface area contributed by atoms with Crippen molar-refractivity contribution in [3.05, 3.63) is 93.4 Å². The van der Waals surface area contributed by atoms with Crippen molar-refractivity contribution in [2.75, 3.05) is 25.2 Å². The summed E-state index contributed by atoms with van der Waals surface area (Å²) in [6.07, 6.45) is 5.01. The molecule has 0 saturated heterocycles. The fraction of sp³-hybridized carbons (Fsp3) is 0.297. The van der Waals surface area contributed by atoms with E-state index in [2.05, 4.69) is 107 Å². The number of aliphatic hydroxyl groups excluding tert-OH is 1. The number of halogens is 2. The van der Waals surface area contributed by atoms with Gasteiger partial charge in [-0.25, -0.2) is 0 Å². The molecule has 11 nitrogen and oxygen atoms in total. The van der Waals surface area contributed by atoms with E-state index in [9.17, 15) is 14.7 Å². The van der Waals surface area contributed by atoms with Crippen LogP contribution in [0, 0.1) is 0 Å². The fourth-order valence-corrected chi connectivity index (χ4v) is 8.45. The van der Waals surface area contributed by atoms with Crippen molar-refractivity contribution in [3.63, 3.8) is 0 Å². The van der Waals surface area contributed by atoms with E-state index in [0.29, 0.717) is 31.6 Å². The van der Waals surface area contributed by atoms with Crippen LogP contribution in [0.4, 0.5) is 0 Å². The zero-order valence-electron chi connectivity index (χ0n) is 29.4. The van der Waals surface area contributed by atoms with Gasteiger partial charge in [0.25, 0.3) is 0 Å². The summed E-state index contributed by atoms with van der Waals surface area (Å²) in [5, 5.41) is 40.7. The summed E-state index contributed by atoms with van der Waals surface area (Å²) in [5.41, 5.74) is 4.73. The van der Waals surface area contributed by atoms with Crippen LogP contribution in [0.1, 0.15) is 55.6 Å². The molecule has 0 spiro atoms. The Morgan fingerprint density at radius 1 is 0.736 bits per heavy atom. The summed E-state index contributed by atoms with van der Waals surface area (Å²) >= 11 is 9.31. The average Bonchev–Trinajstić information content (AvgIpc) is 4.10. The molecule has 270 valence electrons. The summed E-state index contributed by atoms with van der Waals surface area (Å²) in [5.74, 6) is -0.0518. The Hall–Kier alpha value is -2.76. The van der Waals surface area contributed by atoms with E-state index in [1.54, 1.807) is 6.92 Å². The largest absolute Gasteiger partial charge is 1.00 e. The second kappa shape index (κ2) is 19.2. The first-order valence-electron chi connectivity index (χ1n) is 16.6. The molecule has 2 aromatic heterocycles. The van der Waals surface area contributed by atoms with Gasteiger partial charge in [0, 0.05) is 23.1 Å². The SMILES string of the molecule is CCO.COC(=O)CSc1nnc(Br)n1-c1ccc(C2CC2)c2ccccc12.O=C([O-])CSc1nnc(Br)n1-c1ccc(C2CC2)c2ccccc12.[Na+]. The summed E-state index contributed by atoms with van der Waals surface area (Å²) in [7, 11) is 1.38. The molecular weight excluding hydrogens is 855 g/mol. The molecule has 2 fully saturated rings. The predicted molar refractivity (Wildman–Crippen MR) is 208 cm³/mol. The van der Waals surface area contributed by atoms with Gasteiger partial charge in [-0.15, -0.1) is 20.4 Å². The first kappa shape index (κ1) is 41.4. The molecule has 16 heteroatoms. The standard InChI is InChI=1S/C18H16BrN3O2S.C17H14BrN3O2S.C2H6O.Na/c1-24-16(23)10-25-18-21-20-17(19)22(18)15-9-8-12(11-6-7-11)13-4-2-3-5-14(13)15;18-16-19-20-17(24-9-15(22)23)21(16)14-8-7-11(10-5-6-10)12-3-1-2-4-13(12)14;1-2-3;/h2-5,8-9,11H,6-7,10H2,1H3;1-4,7-8,10H,5-6,9H2,(H,22,23);3H,2H2,1H3;/q;;;+1/p-1. The number of aliphatic hydroxyl groups is 1. The van der Waals surface area contributed by atoms with Crippen LogP contribution < -0.4 is 34.7 Å². The quantitative estimate of drug-likeness (QED) is 0.120. The van der Waals surface area contributed by atoms with Gasteiger partial charge < -0.3 is 19.7 Å². The van der Waals surface area contributed by atoms with Gasteiger partial charge in [0.2, 0.25) is 9.47 Å². The normalized spacial score (nSPS) is 13.4. The zero-order chi connectivity index (χ0) is 36.8. The number of benzene rings is 4. The number of aliphatic carboxylic acids is 1. The third-order valence-corrected chi connectivity index (χ3v) is 11.3. The van der Waals surface area contributed by atoms with Gasteiger partial charge in [-0.05, 0) is 110 Å². The molecule has 8 rings (SSSR count). The van der Waals surface area contributed by atoms with Crippen LogP contribution in [0.3, 0.4) is 0 Å². The number of methoxy groups -OCH3 is 1. The maximum atomic E-state index is 11.5. The minimum absolute atomic E-state index is 0. The number of esters is 1. The van der Waals surface area contributed by atoms with E-state index in [1.807, 2.05) is 27.3 Å². The number of ether oxygens (including phenoxy) is 1. The fourth-order valence-electron chi connectivity index (χ4n) is 5.91. The van der Waals surface area contributed by atoms with E-state index in [1.165, 1.54) is 66.5 Å². The Labute approximate surface area is 354 Å². The number of carboxylic acids is 1. The van der Waals surface area contributed by atoms with Crippen molar-refractivity contribution in [1.82, 2.24) is 29.5 Å². The van der Waals surface area contributed by atoms with Crippen molar-refractivity contribution < 1.29 is 54.1 Å². The molecule has 2 saturated carbocycles. The Balaban J connectivity index is 0.000000187. The number of nitrogens with zero attached hydrogens (tertiary/aromatic N) is 6. The van der Waals surface area contributed by atoms with Crippen LogP contribution in [0.5, 0.6) is 0 Å². The second-order valence-electron chi connectivity index (χ2n) is 12.0. The van der Waals surface area contributed by atoms with Gasteiger partial charge >= 0.3 is 35.5 Å². The molecule has 0 radical (unpaired) electrons. The number of thioether (sulfide) groups is 2. The molecular formula is C37H35Br2N6NaO5S2. The number of aromatic nitrogens is 6. The molecule has 4 aromatic carbocycles. The van der Waals surface area contributed by atoms with Crippen molar-refractivity contribution >= 4 is 88.9 Å². The predicted octanol–water partition coefficient (Wildman–Crippen LogP) is 4.23. The van der Waals surface area contributed by atoms with E-state index in [0.717, 1.165) is 33.9 Å². The van der Waals surface area contributed by atoms with Gasteiger partial charge in [-0.3, -0.25) is 13.9 Å². The topological polar surface area (TPSA) is 148 Å². The molecule has 0 atom stereocenters. The maximum Gasteiger partial charge on any atom is 1.00 e. The van der Waals surface area contributed by atoms with Gasteiger partial charge in [0.15, 0.2) is 10.3 Å². The molecule has 53 heavy (non-hydrogen) atoms. The first-order chi connectivity index (χ1) is 25.2. The Morgan fingerprint density at radius 3 is 1.51 bits per heavy atom. The van der Waals surface area contributed by atoms with Gasteiger partial charge in [0.1, 0.15) is 0 Å². The molecule has 2 aliphatic carbocycles. The number of fused-ring (bicyclic) bond motifs is 2. The average molecular weight is 891 g/mol. The Morgan fingerprint density at radius 2 is 1.13 bits per heavy atom.